The van der Waals surface area contributed by atoms with E-state index in [-0.39, 0.29) is 16.1 Å². The van der Waals surface area contributed by atoms with Crippen LogP contribution in [0.25, 0.3) is 10.8 Å². The van der Waals surface area contributed by atoms with E-state index in [1.807, 2.05) is 0 Å². The van der Waals surface area contributed by atoms with E-state index in [0.717, 1.165) is 23.7 Å². The Labute approximate surface area is 186 Å². The molecule has 0 fully saturated rings. The second-order valence-electron chi connectivity index (χ2n) is 7.21. The molecular formula is C22H26N4O5S. The lowest BCUT2D eigenvalue weighted by atomic mass is 10.1. The molecule has 2 aromatic carbocycles. The molecule has 1 aromatic heterocycles. The standard InChI is InChI=1S/C22H26N4O5S/c1-4-5-8-15-26-22(28)19-10-7-6-9-18(19)20(24-26)21(27)23-16-11-13-17(14-12-16)32(29,30)25(2)31-3/h6-7,9-14H,4-5,8,15H2,1-3H3,(H,23,27). The largest absolute Gasteiger partial charge is 0.321 e. The van der Waals surface area contributed by atoms with Crippen LogP contribution in [0.15, 0.2) is 58.2 Å². The van der Waals surface area contributed by atoms with Crippen LogP contribution in [-0.4, -0.2) is 42.7 Å². The smallest absolute Gasteiger partial charge is 0.276 e. The number of sulfonamides is 1. The lowest BCUT2D eigenvalue weighted by Crippen LogP contribution is -2.28. The minimum atomic E-state index is -3.79. The average Bonchev–Trinajstić information content (AvgIpc) is 2.80. The number of anilines is 1. The van der Waals surface area contributed by atoms with E-state index in [1.54, 1.807) is 24.3 Å². The van der Waals surface area contributed by atoms with Gasteiger partial charge in [0, 0.05) is 24.7 Å². The second-order valence-corrected chi connectivity index (χ2v) is 9.14. The number of hydroxylamine groups is 1. The number of hydrogen-bond donors (Lipinski definition) is 1. The highest BCUT2D eigenvalue weighted by molar-refractivity contribution is 7.89. The molecule has 1 N–H and O–H groups in total. The number of carbonyl (C=O) groups is 1. The molecule has 0 saturated heterocycles. The molecule has 0 saturated carbocycles. The molecule has 3 aromatic rings. The summed E-state index contributed by atoms with van der Waals surface area (Å²) in [5.41, 5.74) is 0.293. The van der Waals surface area contributed by atoms with Crippen molar-refractivity contribution >= 4 is 32.4 Å². The van der Waals surface area contributed by atoms with Gasteiger partial charge in [0.25, 0.3) is 21.5 Å². The van der Waals surface area contributed by atoms with Crippen LogP contribution >= 0.6 is 0 Å². The summed E-state index contributed by atoms with van der Waals surface area (Å²) in [5, 5.41) is 7.95. The van der Waals surface area contributed by atoms with Gasteiger partial charge in [-0.2, -0.15) is 5.10 Å². The number of unbranched alkanes of at least 4 members (excludes halogenated alkanes) is 2. The third kappa shape index (κ3) is 4.87. The fourth-order valence-corrected chi connectivity index (χ4v) is 4.19. The molecule has 0 atom stereocenters. The highest BCUT2D eigenvalue weighted by Gasteiger charge is 2.21. The Kier molecular flexibility index (Phi) is 7.39. The molecule has 170 valence electrons. The predicted molar refractivity (Wildman–Crippen MR) is 122 cm³/mol. The first-order valence-electron chi connectivity index (χ1n) is 10.2. The van der Waals surface area contributed by atoms with Gasteiger partial charge in [-0.3, -0.25) is 14.4 Å². The van der Waals surface area contributed by atoms with Crippen LogP contribution in [0.4, 0.5) is 5.69 Å². The Bertz CT molecular complexity index is 1270. The molecule has 3 rings (SSSR count). The number of aromatic nitrogens is 2. The van der Waals surface area contributed by atoms with Crippen LogP contribution in [0.3, 0.4) is 0 Å². The van der Waals surface area contributed by atoms with Gasteiger partial charge in [-0.25, -0.2) is 13.1 Å². The summed E-state index contributed by atoms with van der Waals surface area (Å²) in [6.45, 7) is 2.50. The quantitative estimate of drug-likeness (QED) is 0.390. The van der Waals surface area contributed by atoms with Crippen molar-refractivity contribution in [3.63, 3.8) is 0 Å². The lowest BCUT2D eigenvalue weighted by molar-refractivity contribution is -0.0258. The number of rotatable bonds is 9. The number of fused-ring (bicyclic) bond motifs is 1. The molecule has 1 amide bonds. The molecule has 10 heteroatoms. The van der Waals surface area contributed by atoms with Crippen LogP contribution in [0.5, 0.6) is 0 Å². The van der Waals surface area contributed by atoms with Crippen molar-refractivity contribution in [2.45, 2.75) is 37.6 Å². The summed E-state index contributed by atoms with van der Waals surface area (Å²) in [6.07, 6.45) is 2.74. The molecular weight excluding hydrogens is 432 g/mol. The number of nitrogens with zero attached hydrogens (tertiary/aromatic N) is 3. The van der Waals surface area contributed by atoms with Crippen molar-refractivity contribution in [2.24, 2.45) is 0 Å². The first-order chi connectivity index (χ1) is 15.3. The predicted octanol–water partition coefficient (Wildman–Crippen LogP) is 3.02. The molecule has 0 aliphatic heterocycles. The Morgan fingerprint density at radius 3 is 2.38 bits per heavy atom. The minimum absolute atomic E-state index is 0.0212. The van der Waals surface area contributed by atoms with Gasteiger partial charge in [0.05, 0.1) is 17.4 Å². The summed E-state index contributed by atoms with van der Waals surface area (Å²) in [7, 11) is -1.24. The first kappa shape index (κ1) is 23.6. The molecule has 0 radical (unpaired) electrons. The van der Waals surface area contributed by atoms with Gasteiger partial charge in [-0.05, 0) is 36.8 Å². The topological polar surface area (TPSA) is 111 Å². The summed E-state index contributed by atoms with van der Waals surface area (Å²) < 4.78 is 26.7. The van der Waals surface area contributed by atoms with Gasteiger partial charge in [-0.1, -0.05) is 42.4 Å². The van der Waals surface area contributed by atoms with Gasteiger partial charge in [-0.15, -0.1) is 0 Å². The van der Waals surface area contributed by atoms with Crippen molar-refractivity contribution in [3.8, 4) is 0 Å². The fraction of sp³-hybridized carbons (Fsp3) is 0.318. The number of benzene rings is 2. The van der Waals surface area contributed by atoms with E-state index in [2.05, 4.69) is 17.3 Å². The van der Waals surface area contributed by atoms with Gasteiger partial charge >= 0.3 is 0 Å². The second kappa shape index (κ2) is 10.0. The normalized spacial score (nSPS) is 11.8. The Morgan fingerprint density at radius 1 is 1.09 bits per heavy atom. The van der Waals surface area contributed by atoms with Crippen molar-refractivity contribution in [1.82, 2.24) is 14.2 Å². The van der Waals surface area contributed by atoms with Crippen molar-refractivity contribution in [2.75, 3.05) is 19.5 Å². The van der Waals surface area contributed by atoms with Crippen LogP contribution < -0.4 is 10.9 Å². The number of hydrogen-bond acceptors (Lipinski definition) is 6. The van der Waals surface area contributed by atoms with Crippen molar-refractivity contribution < 1.29 is 18.0 Å². The number of carbonyl (C=O) groups excluding carboxylic acids is 1. The zero-order chi connectivity index (χ0) is 23.3. The van der Waals surface area contributed by atoms with E-state index in [9.17, 15) is 18.0 Å². The third-order valence-electron chi connectivity index (χ3n) is 5.06. The summed E-state index contributed by atoms with van der Waals surface area (Å²) in [6, 6.07) is 12.6. The van der Waals surface area contributed by atoms with Crippen LogP contribution in [0.1, 0.15) is 36.7 Å². The van der Waals surface area contributed by atoms with Crippen LogP contribution in [0, 0.1) is 0 Å². The van der Waals surface area contributed by atoms with E-state index in [1.165, 1.54) is 43.1 Å². The first-order valence-corrected chi connectivity index (χ1v) is 11.7. The Balaban J connectivity index is 1.91. The molecule has 9 nitrogen and oxygen atoms in total. The molecule has 0 bridgehead atoms. The zero-order valence-corrected chi connectivity index (χ0v) is 19.1. The molecule has 1 heterocycles. The third-order valence-corrected chi connectivity index (χ3v) is 6.76. The van der Waals surface area contributed by atoms with E-state index >= 15 is 0 Å². The highest BCUT2D eigenvalue weighted by atomic mass is 32.2. The molecule has 0 aliphatic rings. The monoisotopic (exact) mass is 458 g/mol. The number of amides is 1. The molecule has 0 spiro atoms. The average molecular weight is 459 g/mol. The van der Waals surface area contributed by atoms with E-state index < -0.39 is 15.9 Å². The van der Waals surface area contributed by atoms with Gasteiger partial charge in [0.2, 0.25) is 0 Å². The Morgan fingerprint density at radius 2 is 1.75 bits per heavy atom. The highest BCUT2D eigenvalue weighted by Crippen LogP contribution is 2.19. The number of nitrogens with one attached hydrogen (secondary N) is 1. The van der Waals surface area contributed by atoms with Crippen molar-refractivity contribution in [3.05, 3.63) is 64.6 Å². The van der Waals surface area contributed by atoms with E-state index in [0.29, 0.717) is 23.0 Å². The zero-order valence-electron chi connectivity index (χ0n) is 18.2. The van der Waals surface area contributed by atoms with E-state index in [4.69, 9.17) is 4.84 Å². The summed E-state index contributed by atoms with van der Waals surface area (Å²) in [5.74, 6) is -0.491. The maximum absolute atomic E-state index is 13.0. The van der Waals surface area contributed by atoms with Gasteiger partial charge < -0.3 is 5.32 Å². The summed E-state index contributed by atoms with van der Waals surface area (Å²) in [4.78, 5) is 30.6. The molecule has 0 unspecified atom stereocenters. The maximum Gasteiger partial charge on any atom is 0.276 e. The fourth-order valence-electron chi connectivity index (χ4n) is 3.21. The van der Waals surface area contributed by atoms with Gasteiger partial charge in [0.15, 0.2) is 5.69 Å². The Hall–Kier alpha value is -3.08. The van der Waals surface area contributed by atoms with Gasteiger partial charge in [0.1, 0.15) is 0 Å². The number of aryl methyl sites for hydroxylation is 1. The maximum atomic E-state index is 13.0. The SMILES string of the molecule is CCCCCn1nc(C(=O)Nc2ccc(S(=O)(=O)N(C)OC)cc2)c2ccccc2c1=O. The summed E-state index contributed by atoms with van der Waals surface area (Å²) >= 11 is 0. The van der Waals surface area contributed by atoms with Crippen LogP contribution in [-0.2, 0) is 21.4 Å². The minimum Gasteiger partial charge on any atom is -0.321 e. The van der Waals surface area contributed by atoms with Crippen LogP contribution in [0.2, 0.25) is 0 Å². The van der Waals surface area contributed by atoms with Crippen molar-refractivity contribution in [1.29, 1.82) is 0 Å². The lowest BCUT2D eigenvalue weighted by Gasteiger charge is -2.14. The molecule has 32 heavy (non-hydrogen) atoms. The molecule has 0 aliphatic carbocycles.